The van der Waals surface area contributed by atoms with Crippen molar-refractivity contribution in [2.75, 3.05) is 6.54 Å². The first-order chi connectivity index (χ1) is 5.14. The lowest BCUT2D eigenvalue weighted by Crippen LogP contribution is -2.35. The van der Waals surface area contributed by atoms with Gasteiger partial charge >= 0.3 is 0 Å². The molecular weight excluding hydrogens is 134 g/mol. The fraction of sp³-hybridized carbons (Fsp3) is 1.00. The molecule has 0 radical (unpaired) electrons. The van der Waals surface area contributed by atoms with Crippen molar-refractivity contribution in [2.45, 2.75) is 26.7 Å². The maximum absolute atomic E-state index is 5.89. The summed E-state index contributed by atoms with van der Waals surface area (Å²) in [4.78, 5) is 0. The first-order valence-electron chi connectivity index (χ1n) is 4.84. The zero-order valence-electron chi connectivity index (χ0n) is 7.43. The largest absolute Gasteiger partial charge is 0.330 e. The van der Waals surface area contributed by atoms with E-state index in [2.05, 4.69) is 13.8 Å². The second-order valence-corrected chi connectivity index (χ2v) is 5.29. The molecule has 3 atom stereocenters. The lowest BCUT2D eigenvalue weighted by molar-refractivity contribution is 0.181. The Morgan fingerprint density at radius 1 is 1.27 bits per heavy atom. The SMILES string of the molecule is CC1(CN)C2CC3C(C2)C31C. The maximum atomic E-state index is 5.89. The smallest absolute Gasteiger partial charge is 0.00151 e. The summed E-state index contributed by atoms with van der Waals surface area (Å²) in [6.07, 6.45) is 2.99. The van der Waals surface area contributed by atoms with Crippen LogP contribution in [0.2, 0.25) is 0 Å². The Labute approximate surface area is 68.3 Å². The molecule has 4 fully saturated rings. The second-order valence-electron chi connectivity index (χ2n) is 5.29. The van der Waals surface area contributed by atoms with E-state index in [0.29, 0.717) is 10.8 Å². The highest BCUT2D eigenvalue weighted by molar-refractivity contribution is 5.29. The first kappa shape index (κ1) is 6.47. The zero-order chi connectivity index (χ0) is 7.85. The highest BCUT2D eigenvalue weighted by atomic mass is 14.9. The first-order valence-corrected chi connectivity index (χ1v) is 4.84. The number of hydrogen-bond donors (Lipinski definition) is 1. The summed E-state index contributed by atoms with van der Waals surface area (Å²) in [5, 5.41) is 0. The summed E-state index contributed by atoms with van der Waals surface area (Å²) in [6.45, 7) is 5.81. The highest BCUT2D eigenvalue weighted by Crippen LogP contribution is 2.85. The third-order valence-electron chi connectivity index (χ3n) is 5.55. The molecule has 1 nitrogen and oxygen atoms in total. The maximum Gasteiger partial charge on any atom is -0.00151 e. The predicted molar refractivity (Wildman–Crippen MR) is 45.0 cm³/mol. The molecule has 0 heterocycles. The quantitative estimate of drug-likeness (QED) is 0.605. The Morgan fingerprint density at radius 3 is 2.00 bits per heavy atom. The molecule has 2 N–H and O–H groups in total. The molecule has 4 rings (SSSR count). The third-order valence-corrected chi connectivity index (χ3v) is 5.55. The van der Waals surface area contributed by atoms with Gasteiger partial charge in [0.05, 0.1) is 0 Å². The minimum atomic E-state index is 0.516. The van der Waals surface area contributed by atoms with Crippen LogP contribution >= 0.6 is 0 Å². The van der Waals surface area contributed by atoms with Crippen molar-refractivity contribution in [2.24, 2.45) is 34.3 Å². The van der Waals surface area contributed by atoms with Crippen LogP contribution in [0, 0.1) is 28.6 Å². The molecule has 4 bridgehead atoms. The van der Waals surface area contributed by atoms with E-state index in [-0.39, 0.29) is 0 Å². The Hall–Kier alpha value is -0.0400. The molecule has 11 heavy (non-hydrogen) atoms. The van der Waals surface area contributed by atoms with Crippen molar-refractivity contribution in [1.82, 2.24) is 0 Å². The van der Waals surface area contributed by atoms with E-state index >= 15 is 0 Å². The normalized spacial score (nSPS) is 70.6. The fourth-order valence-electron chi connectivity index (χ4n) is 4.42. The van der Waals surface area contributed by atoms with Crippen LogP contribution in [0.3, 0.4) is 0 Å². The number of nitrogens with two attached hydrogens (primary N) is 1. The summed E-state index contributed by atoms with van der Waals surface area (Å²) in [6, 6.07) is 0. The van der Waals surface area contributed by atoms with Gasteiger partial charge < -0.3 is 5.73 Å². The standard InChI is InChI=1S/C10H17N/c1-9(5-11)6-3-7-8(4-6)10(7,9)2/h6-8H,3-5,11H2,1-2H3. The lowest BCUT2D eigenvalue weighted by Gasteiger charge is -2.32. The van der Waals surface area contributed by atoms with E-state index in [1.807, 2.05) is 0 Å². The van der Waals surface area contributed by atoms with Gasteiger partial charge in [-0.15, -0.1) is 0 Å². The molecule has 4 aliphatic carbocycles. The minimum Gasteiger partial charge on any atom is -0.330 e. The third kappa shape index (κ3) is 0.395. The molecule has 0 aromatic rings. The van der Waals surface area contributed by atoms with Gasteiger partial charge in [0.1, 0.15) is 0 Å². The zero-order valence-corrected chi connectivity index (χ0v) is 7.43. The van der Waals surface area contributed by atoms with Gasteiger partial charge in [-0.2, -0.15) is 0 Å². The van der Waals surface area contributed by atoms with Crippen molar-refractivity contribution < 1.29 is 0 Å². The number of rotatable bonds is 1. The van der Waals surface area contributed by atoms with Crippen LogP contribution in [-0.4, -0.2) is 6.54 Å². The average molecular weight is 151 g/mol. The molecule has 0 aromatic carbocycles. The lowest BCUT2D eigenvalue weighted by atomic mass is 9.74. The van der Waals surface area contributed by atoms with Crippen molar-refractivity contribution in [3.63, 3.8) is 0 Å². The summed E-state index contributed by atoms with van der Waals surface area (Å²) in [5.74, 6) is 3.12. The molecule has 0 amide bonds. The van der Waals surface area contributed by atoms with E-state index < -0.39 is 0 Å². The van der Waals surface area contributed by atoms with Gasteiger partial charge in [-0.25, -0.2) is 0 Å². The van der Waals surface area contributed by atoms with Gasteiger partial charge in [-0.3, -0.25) is 0 Å². The van der Waals surface area contributed by atoms with E-state index in [4.69, 9.17) is 5.73 Å². The Morgan fingerprint density at radius 2 is 1.82 bits per heavy atom. The summed E-state index contributed by atoms with van der Waals surface area (Å²) < 4.78 is 0. The molecule has 3 unspecified atom stereocenters. The molecule has 62 valence electrons. The van der Waals surface area contributed by atoms with Crippen molar-refractivity contribution in [1.29, 1.82) is 0 Å². The van der Waals surface area contributed by atoms with Crippen LogP contribution in [0.4, 0.5) is 0 Å². The Balaban J connectivity index is 2.10. The van der Waals surface area contributed by atoms with Gasteiger partial charge in [0.25, 0.3) is 0 Å². The van der Waals surface area contributed by atoms with Crippen molar-refractivity contribution in [3.05, 3.63) is 0 Å². The predicted octanol–water partition coefficient (Wildman–Crippen LogP) is 1.63. The van der Waals surface area contributed by atoms with E-state index in [1.54, 1.807) is 0 Å². The fourth-order valence-corrected chi connectivity index (χ4v) is 4.42. The second kappa shape index (κ2) is 1.39. The Kier molecular flexibility index (Phi) is 0.820. The van der Waals surface area contributed by atoms with Crippen molar-refractivity contribution in [3.8, 4) is 0 Å². The van der Waals surface area contributed by atoms with E-state index in [1.165, 1.54) is 12.8 Å². The monoisotopic (exact) mass is 151 g/mol. The number of hydrogen-bond acceptors (Lipinski definition) is 1. The molecule has 0 spiro atoms. The minimum absolute atomic E-state index is 0.516. The summed E-state index contributed by atoms with van der Waals surface area (Å²) in [5.41, 5.74) is 7.08. The van der Waals surface area contributed by atoms with Gasteiger partial charge in [-0.1, -0.05) is 13.8 Å². The van der Waals surface area contributed by atoms with Gasteiger partial charge in [0.2, 0.25) is 0 Å². The molecular formula is C10H17N. The molecule has 4 saturated carbocycles. The van der Waals surface area contributed by atoms with Gasteiger partial charge in [0.15, 0.2) is 0 Å². The van der Waals surface area contributed by atoms with Crippen molar-refractivity contribution >= 4 is 0 Å². The van der Waals surface area contributed by atoms with Crippen LogP contribution in [0.15, 0.2) is 0 Å². The molecule has 0 aromatic heterocycles. The summed E-state index contributed by atoms with van der Waals surface area (Å²) >= 11 is 0. The summed E-state index contributed by atoms with van der Waals surface area (Å²) in [7, 11) is 0. The molecule has 0 saturated heterocycles. The molecule has 4 aliphatic rings. The average Bonchev–Trinajstić information content (AvgIpc) is 2.42. The van der Waals surface area contributed by atoms with Gasteiger partial charge in [0, 0.05) is 0 Å². The van der Waals surface area contributed by atoms with E-state index in [0.717, 1.165) is 24.3 Å². The highest BCUT2D eigenvalue weighted by Gasteiger charge is 2.80. The Bertz CT molecular complexity index is 211. The van der Waals surface area contributed by atoms with Gasteiger partial charge in [-0.05, 0) is 48.0 Å². The van der Waals surface area contributed by atoms with Crippen LogP contribution in [-0.2, 0) is 0 Å². The van der Waals surface area contributed by atoms with E-state index in [9.17, 15) is 0 Å². The van der Waals surface area contributed by atoms with Crippen LogP contribution in [0.1, 0.15) is 26.7 Å². The van der Waals surface area contributed by atoms with Crippen LogP contribution in [0.5, 0.6) is 0 Å². The van der Waals surface area contributed by atoms with Crippen LogP contribution < -0.4 is 5.73 Å². The molecule has 0 aliphatic heterocycles. The topological polar surface area (TPSA) is 26.0 Å². The molecule has 1 heteroatoms. The van der Waals surface area contributed by atoms with Crippen LogP contribution in [0.25, 0.3) is 0 Å².